The van der Waals surface area contributed by atoms with Gasteiger partial charge >= 0.3 is 0 Å². The second kappa shape index (κ2) is 7.85. The molecule has 6 heteroatoms. The molecule has 0 radical (unpaired) electrons. The number of carbonyl (C=O) groups is 2. The molecule has 1 saturated heterocycles. The van der Waals surface area contributed by atoms with Crippen molar-refractivity contribution in [3.05, 3.63) is 70.9 Å². The largest absolute Gasteiger partial charge is 0.385 e. The maximum Gasteiger partial charge on any atom is 0.246 e. The van der Waals surface area contributed by atoms with Crippen molar-refractivity contribution in [2.75, 3.05) is 26.8 Å². The molecular weight excluding hydrogens is 390 g/mol. The lowest BCUT2D eigenvalue weighted by Gasteiger charge is -2.47. The Morgan fingerprint density at radius 1 is 1.13 bits per heavy atom. The lowest BCUT2D eigenvalue weighted by molar-refractivity contribution is -0.158. The highest BCUT2D eigenvalue weighted by Gasteiger charge is 2.48. The molecule has 1 aromatic heterocycles. The Morgan fingerprint density at radius 2 is 1.97 bits per heavy atom. The number of hydrogen-bond donors (Lipinski definition) is 1. The fourth-order valence-corrected chi connectivity index (χ4v) is 5.10. The second-order valence-corrected chi connectivity index (χ2v) is 8.51. The van der Waals surface area contributed by atoms with Gasteiger partial charge in [0.2, 0.25) is 11.8 Å². The smallest absolute Gasteiger partial charge is 0.246 e. The Morgan fingerprint density at radius 3 is 2.77 bits per heavy atom. The van der Waals surface area contributed by atoms with Gasteiger partial charge in [0.25, 0.3) is 0 Å². The Kier molecular flexibility index (Phi) is 5.02. The fourth-order valence-electron chi connectivity index (χ4n) is 5.10. The number of ether oxygens (including phenoxy) is 1. The average Bonchev–Trinajstić information content (AvgIpc) is 3.14. The van der Waals surface area contributed by atoms with Crippen LogP contribution in [0.25, 0.3) is 10.9 Å². The van der Waals surface area contributed by atoms with E-state index in [1.165, 1.54) is 0 Å². The van der Waals surface area contributed by atoms with Crippen LogP contribution in [0.2, 0.25) is 0 Å². The molecule has 0 bridgehead atoms. The predicted molar refractivity (Wildman–Crippen MR) is 119 cm³/mol. The van der Waals surface area contributed by atoms with E-state index in [-0.39, 0.29) is 24.4 Å². The summed E-state index contributed by atoms with van der Waals surface area (Å²) in [7, 11) is 1.65. The third kappa shape index (κ3) is 3.31. The first-order valence-electron chi connectivity index (χ1n) is 10.8. The van der Waals surface area contributed by atoms with Gasteiger partial charge in [-0.2, -0.15) is 0 Å². The number of H-pyrrole nitrogens is 1. The summed E-state index contributed by atoms with van der Waals surface area (Å²) in [6.45, 7) is 3.29. The third-order valence-corrected chi connectivity index (χ3v) is 6.48. The van der Waals surface area contributed by atoms with Gasteiger partial charge in [0.15, 0.2) is 0 Å². The fraction of sp³-hybridized carbons (Fsp3) is 0.360. The van der Waals surface area contributed by atoms with E-state index in [2.05, 4.69) is 42.2 Å². The Hall–Kier alpha value is -3.12. The topological polar surface area (TPSA) is 65.6 Å². The minimum absolute atomic E-state index is 0.00201. The van der Waals surface area contributed by atoms with Crippen molar-refractivity contribution in [1.82, 2.24) is 14.8 Å². The van der Waals surface area contributed by atoms with E-state index in [4.69, 9.17) is 4.74 Å². The molecule has 3 aromatic rings. The van der Waals surface area contributed by atoms with Gasteiger partial charge in [0, 0.05) is 43.3 Å². The molecule has 0 aliphatic carbocycles. The number of methoxy groups -OCH3 is 1. The minimum atomic E-state index is -0.485. The van der Waals surface area contributed by atoms with E-state index in [9.17, 15) is 9.59 Å². The van der Waals surface area contributed by atoms with Gasteiger partial charge in [0.05, 0.1) is 12.6 Å². The molecule has 5 rings (SSSR count). The molecule has 2 aromatic carbocycles. The minimum Gasteiger partial charge on any atom is -0.385 e. The molecule has 0 unspecified atom stereocenters. The highest BCUT2D eigenvalue weighted by molar-refractivity contribution is 5.97. The number of rotatable bonds is 5. The van der Waals surface area contributed by atoms with Crippen molar-refractivity contribution in [3.63, 3.8) is 0 Å². The third-order valence-electron chi connectivity index (χ3n) is 6.48. The first kappa shape index (κ1) is 19.8. The molecule has 160 valence electrons. The number of aryl methyl sites for hydroxylation is 1. The number of para-hydroxylation sites is 1. The summed E-state index contributed by atoms with van der Waals surface area (Å²) in [5.41, 5.74) is 5.38. The maximum absolute atomic E-state index is 13.5. The van der Waals surface area contributed by atoms with Crippen molar-refractivity contribution in [2.24, 2.45) is 0 Å². The van der Waals surface area contributed by atoms with Crippen LogP contribution in [0.15, 0.2) is 48.5 Å². The van der Waals surface area contributed by atoms with E-state index in [1.54, 1.807) is 12.0 Å². The van der Waals surface area contributed by atoms with Gasteiger partial charge in [0.1, 0.15) is 6.04 Å². The highest BCUT2D eigenvalue weighted by Crippen LogP contribution is 2.42. The lowest BCUT2D eigenvalue weighted by atomic mass is 9.86. The number of aromatic amines is 1. The van der Waals surface area contributed by atoms with Crippen LogP contribution in [0.4, 0.5) is 0 Å². The number of piperazine rings is 1. The Balaban J connectivity index is 1.62. The predicted octanol–water partition coefficient (Wildman–Crippen LogP) is 3.20. The Labute approximate surface area is 181 Å². The van der Waals surface area contributed by atoms with Gasteiger partial charge in [-0.15, -0.1) is 0 Å². The van der Waals surface area contributed by atoms with Crippen LogP contribution in [-0.4, -0.2) is 59.4 Å². The number of fused-ring (bicyclic) bond motifs is 4. The molecular formula is C25H27N3O3. The zero-order chi connectivity index (χ0) is 21.5. The first-order chi connectivity index (χ1) is 15.1. The molecule has 6 nitrogen and oxygen atoms in total. The van der Waals surface area contributed by atoms with Crippen LogP contribution in [-0.2, 0) is 20.7 Å². The summed E-state index contributed by atoms with van der Waals surface area (Å²) in [4.78, 5) is 34.0. The molecule has 2 aliphatic heterocycles. The summed E-state index contributed by atoms with van der Waals surface area (Å²) in [5, 5.41) is 1.13. The molecule has 0 spiro atoms. The van der Waals surface area contributed by atoms with Crippen molar-refractivity contribution in [2.45, 2.75) is 31.8 Å². The van der Waals surface area contributed by atoms with Crippen molar-refractivity contribution >= 4 is 22.7 Å². The summed E-state index contributed by atoms with van der Waals surface area (Å²) >= 11 is 0. The van der Waals surface area contributed by atoms with Gasteiger partial charge in [-0.05, 0) is 30.5 Å². The molecule has 1 fully saturated rings. The number of aromatic nitrogens is 1. The van der Waals surface area contributed by atoms with Gasteiger partial charge in [-0.1, -0.05) is 48.0 Å². The van der Waals surface area contributed by atoms with Gasteiger partial charge < -0.3 is 19.5 Å². The molecule has 2 amide bonds. The van der Waals surface area contributed by atoms with E-state index in [0.717, 1.165) is 39.7 Å². The van der Waals surface area contributed by atoms with Crippen LogP contribution in [0.1, 0.15) is 34.8 Å². The van der Waals surface area contributed by atoms with E-state index in [0.29, 0.717) is 19.6 Å². The summed E-state index contributed by atoms with van der Waals surface area (Å²) < 4.78 is 5.13. The maximum atomic E-state index is 13.5. The number of nitrogens with one attached hydrogen (secondary N) is 1. The quantitative estimate of drug-likeness (QED) is 0.649. The average molecular weight is 418 g/mol. The van der Waals surface area contributed by atoms with Crippen molar-refractivity contribution < 1.29 is 14.3 Å². The molecule has 2 atom stereocenters. The lowest BCUT2D eigenvalue weighted by Crippen LogP contribution is -2.63. The van der Waals surface area contributed by atoms with E-state index in [1.807, 2.05) is 23.1 Å². The molecule has 2 aliphatic rings. The summed E-state index contributed by atoms with van der Waals surface area (Å²) in [5.74, 6) is 0.0297. The molecule has 31 heavy (non-hydrogen) atoms. The highest BCUT2D eigenvalue weighted by atomic mass is 16.5. The number of hydrogen-bond acceptors (Lipinski definition) is 3. The van der Waals surface area contributed by atoms with Crippen LogP contribution in [0, 0.1) is 6.92 Å². The van der Waals surface area contributed by atoms with Crippen LogP contribution in [0.3, 0.4) is 0 Å². The standard InChI is InChI=1S/C25H27N3O3/c1-16-7-5-8-17(13-16)24-23-19(18-9-3-4-10-20(18)26-23)14-21-25(30)27(11-6-12-31-2)15-22(29)28(21)24/h3-5,7-10,13,21,24,26H,6,11-12,14-15H2,1-2H3/t21-,24-/m0/s1. The molecule has 1 N–H and O–H groups in total. The Bertz CT molecular complexity index is 1150. The van der Waals surface area contributed by atoms with Crippen LogP contribution >= 0.6 is 0 Å². The zero-order valence-corrected chi connectivity index (χ0v) is 17.9. The number of amides is 2. The SMILES string of the molecule is COCCCN1CC(=O)N2[C@@H](c3cccc(C)c3)c3[nH]c4ccccc4c3C[C@H]2C1=O. The van der Waals surface area contributed by atoms with Crippen molar-refractivity contribution in [3.8, 4) is 0 Å². The number of nitrogens with zero attached hydrogens (tertiary/aromatic N) is 2. The van der Waals surface area contributed by atoms with Gasteiger partial charge in [-0.3, -0.25) is 9.59 Å². The van der Waals surface area contributed by atoms with Crippen LogP contribution in [0.5, 0.6) is 0 Å². The molecule has 0 saturated carbocycles. The van der Waals surface area contributed by atoms with E-state index >= 15 is 0 Å². The number of benzene rings is 2. The first-order valence-corrected chi connectivity index (χ1v) is 10.8. The monoisotopic (exact) mass is 417 g/mol. The van der Waals surface area contributed by atoms with Crippen molar-refractivity contribution in [1.29, 1.82) is 0 Å². The van der Waals surface area contributed by atoms with Crippen LogP contribution < -0.4 is 0 Å². The molecule has 3 heterocycles. The van der Waals surface area contributed by atoms with Gasteiger partial charge in [-0.25, -0.2) is 0 Å². The second-order valence-electron chi connectivity index (χ2n) is 8.51. The summed E-state index contributed by atoms with van der Waals surface area (Å²) in [6.07, 6.45) is 1.26. The zero-order valence-electron chi connectivity index (χ0n) is 17.9. The normalized spacial score (nSPS) is 20.8. The van der Waals surface area contributed by atoms with E-state index < -0.39 is 6.04 Å². The number of carbonyl (C=O) groups excluding carboxylic acids is 2. The summed E-state index contributed by atoms with van der Waals surface area (Å²) in [6, 6.07) is 15.6.